The molecule has 2 amide bonds. The van der Waals surface area contributed by atoms with Gasteiger partial charge in [0, 0.05) is 26.2 Å². The number of likely N-dealkylation sites (N-methyl/N-ethyl adjacent to an activating group) is 1. The number of hydrogen-bond acceptors (Lipinski definition) is 3. The van der Waals surface area contributed by atoms with Crippen molar-refractivity contribution in [3.05, 3.63) is 0 Å². The molecule has 98 valence electrons. The third-order valence-corrected chi connectivity index (χ3v) is 2.96. The Kier molecular flexibility index (Phi) is 5.21. The summed E-state index contributed by atoms with van der Waals surface area (Å²) in [7, 11) is 3.65. The van der Waals surface area contributed by atoms with E-state index in [2.05, 4.69) is 10.2 Å². The van der Waals surface area contributed by atoms with E-state index >= 15 is 0 Å². The Bertz CT molecular complexity index is 283. The lowest BCUT2D eigenvalue weighted by Crippen LogP contribution is -2.50. The van der Waals surface area contributed by atoms with Crippen molar-refractivity contribution in [2.24, 2.45) is 0 Å². The molecule has 6 heteroatoms. The highest BCUT2D eigenvalue weighted by atomic mass is 16.4. The largest absolute Gasteiger partial charge is 0.481 e. The van der Waals surface area contributed by atoms with Crippen LogP contribution in [0.25, 0.3) is 0 Å². The van der Waals surface area contributed by atoms with E-state index in [1.807, 2.05) is 7.05 Å². The molecule has 0 spiro atoms. The molecule has 17 heavy (non-hydrogen) atoms. The average Bonchev–Trinajstić information content (AvgIpc) is 2.25. The molecule has 1 fully saturated rings. The van der Waals surface area contributed by atoms with Gasteiger partial charge in [-0.25, -0.2) is 4.79 Å². The van der Waals surface area contributed by atoms with E-state index in [-0.39, 0.29) is 25.0 Å². The van der Waals surface area contributed by atoms with Crippen molar-refractivity contribution < 1.29 is 14.7 Å². The Morgan fingerprint density at radius 3 is 2.82 bits per heavy atom. The van der Waals surface area contributed by atoms with Gasteiger partial charge in [0.1, 0.15) is 0 Å². The summed E-state index contributed by atoms with van der Waals surface area (Å²) in [5.74, 6) is -0.887. The van der Waals surface area contributed by atoms with Gasteiger partial charge in [-0.3, -0.25) is 4.79 Å². The first-order valence-electron chi connectivity index (χ1n) is 5.91. The molecule has 2 N–H and O–H groups in total. The number of rotatable bonds is 4. The van der Waals surface area contributed by atoms with Gasteiger partial charge in [0.05, 0.1) is 6.42 Å². The van der Waals surface area contributed by atoms with Crippen molar-refractivity contribution in [2.45, 2.75) is 25.3 Å². The highest BCUT2D eigenvalue weighted by Gasteiger charge is 2.20. The summed E-state index contributed by atoms with van der Waals surface area (Å²) in [4.78, 5) is 25.7. The number of likely N-dealkylation sites (tertiary alicyclic amines) is 1. The molecular weight excluding hydrogens is 222 g/mol. The zero-order chi connectivity index (χ0) is 12.8. The van der Waals surface area contributed by atoms with Gasteiger partial charge in [-0.1, -0.05) is 0 Å². The van der Waals surface area contributed by atoms with Crippen LogP contribution in [0.4, 0.5) is 4.79 Å². The molecule has 0 aromatic heterocycles. The van der Waals surface area contributed by atoms with Gasteiger partial charge in [-0.05, 0) is 26.4 Å². The van der Waals surface area contributed by atoms with Crippen LogP contribution in [-0.2, 0) is 4.79 Å². The first kappa shape index (κ1) is 13.8. The van der Waals surface area contributed by atoms with Crippen LogP contribution >= 0.6 is 0 Å². The molecule has 1 rings (SSSR count). The van der Waals surface area contributed by atoms with Crippen molar-refractivity contribution in [3.8, 4) is 0 Å². The zero-order valence-electron chi connectivity index (χ0n) is 10.5. The van der Waals surface area contributed by atoms with E-state index in [1.54, 1.807) is 7.05 Å². The standard InChI is InChI=1S/C11H21N3O3/c1-13-6-3-4-9(8-13)12-11(17)14(2)7-5-10(15)16/h9H,3-8H2,1-2H3,(H,12,17)(H,15,16). The van der Waals surface area contributed by atoms with E-state index in [0.717, 1.165) is 25.9 Å². The minimum absolute atomic E-state index is 0.0194. The monoisotopic (exact) mass is 243 g/mol. The van der Waals surface area contributed by atoms with Crippen LogP contribution in [0, 0.1) is 0 Å². The quantitative estimate of drug-likeness (QED) is 0.739. The van der Waals surface area contributed by atoms with Crippen LogP contribution < -0.4 is 5.32 Å². The first-order chi connectivity index (χ1) is 7.99. The van der Waals surface area contributed by atoms with Crippen molar-refractivity contribution in [1.29, 1.82) is 0 Å². The van der Waals surface area contributed by atoms with Gasteiger partial charge in [-0.2, -0.15) is 0 Å². The maximum atomic E-state index is 11.7. The van der Waals surface area contributed by atoms with Gasteiger partial charge in [-0.15, -0.1) is 0 Å². The van der Waals surface area contributed by atoms with Crippen LogP contribution in [0.15, 0.2) is 0 Å². The lowest BCUT2D eigenvalue weighted by atomic mass is 10.1. The molecule has 1 aliphatic rings. The maximum Gasteiger partial charge on any atom is 0.317 e. The second-order valence-electron chi connectivity index (χ2n) is 4.62. The molecule has 1 heterocycles. The van der Waals surface area contributed by atoms with Gasteiger partial charge < -0.3 is 20.2 Å². The number of nitrogens with one attached hydrogen (secondary N) is 1. The van der Waals surface area contributed by atoms with E-state index in [9.17, 15) is 9.59 Å². The van der Waals surface area contributed by atoms with Gasteiger partial charge in [0.25, 0.3) is 0 Å². The minimum Gasteiger partial charge on any atom is -0.481 e. The minimum atomic E-state index is -0.887. The van der Waals surface area contributed by atoms with Crippen molar-refractivity contribution in [2.75, 3.05) is 33.7 Å². The maximum absolute atomic E-state index is 11.7. The first-order valence-corrected chi connectivity index (χ1v) is 5.91. The topological polar surface area (TPSA) is 72.9 Å². The number of hydrogen-bond donors (Lipinski definition) is 2. The number of carbonyl (C=O) groups excluding carboxylic acids is 1. The summed E-state index contributed by atoms with van der Waals surface area (Å²) < 4.78 is 0. The van der Waals surface area contributed by atoms with E-state index in [1.165, 1.54) is 4.90 Å². The molecule has 0 aliphatic carbocycles. The molecule has 0 saturated carbocycles. The fourth-order valence-electron chi connectivity index (χ4n) is 1.93. The number of carbonyl (C=O) groups is 2. The second kappa shape index (κ2) is 6.44. The lowest BCUT2D eigenvalue weighted by molar-refractivity contribution is -0.137. The summed E-state index contributed by atoms with van der Waals surface area (Å²) in [6.07, 6.45) is 2.05. The number of urea groups is 1. The van der Waals surface area contributed by atoms with E-state index in [4.69, 9.17) is 5.11 Å². The number of carboxylic acids is 1. The Labute approximate surface area is 102 Å². The summed E-state index contributed by atoms with van der Waals surface area (Å²) >= 11 is 0. The predicted octanol–water partition coefficient (Wildman–Crippen LogP) is 0.197. The second-order valence-corrected chi connectivity index (χ2v) is 4.62. The third-order valence-electron chi connectivity index (χ3n) is 2.96. The Balaban J connectivity index is 2.29. The van der Waals surface area contributed by atoms with Crippen LogP contribution in [0.1, 0.15) is 19.3 Å². The Morgan fingerprint density at radius 1 is 1.53 bits per heavy atom. The van der Waals surface area contributed by atoms with Crippen LogP contribution in [-0.4, -0.2) is 66.7 Å². The molecule has 1 saturated heterocycles. The van der Waals surface area contributed by atoms with Crippen LogP contribution in [0.5, 0.6) is 0 Å². The lowest BCUT2D eigenvalue weighted by Gasteiger charge is -2.31. The third kappa shape index (κ3) is 5.04. The summed E-state index contributed by atoms with van der Waals surface area (Å²) in [6, 6.07) is -0.0138. The summed E-state index contributed by atoms with van der Waals surface area (Å²) in [5.41, 5.74) is 0. The zero-order valence-corrected chi connectivity index (χ0v) is 10.5. The molecule has 1 atom stereocenters. The SMILES string of the molecule is CN1CCCC(NC(=O)N(C)CCC(=O)O)C1. The molecule has 0 aromatic rings. The summed E-state index contributed by atoms with van der Waals surface area (Å²) in [6.45, 7) is 2.17. The van der Waals surface area contributed by atoms with Crippen molar-refractivity contribution in [1.82, 2.24) is 15.1 Å². The molecule has 0 radical (unpaired) electrons. The predicted molar refractivity (Wildman–Crippen MR) is 63.9 cm³/mol. The smallest absolute Gasteiger partial charge is 0.317 e. The molecule has 1 aliphatic heterocycles. The highest BCUT2D eigenvalue weighted by Crippen LogP contribution is 2.08. The number of piperidine rings is 1. The van der Waals surface area contributed by atoms with Gasteiger partial charge >= 0.3 is 12.0 Å². The molecule has 1 unspecified atom stereocenters. The molecule has 6 nitrogen and oxygen atoms in total. The van der Waals surface area contributed by atoms with Crippen molar-refractivity contribution in [3.63, 3.8) is 0 Å². The fourth-order valence-corrected chi connectivity index (χ4v) is 1.93. The Hall–Kier alpha value is -1.30. The number of aliphatic carboxylic acids is 1. The van der Waals surface area contributed by atoms with Gasteiger partial charge in [0.15, 0.2) is 0 Å². The molecular formula is C11H21N3O3. The Morgan fingerprint density at radius 2 is 2.24 bits per heavy atom. The van der Waals surface area contributed by atoms with Crippen molar-refractivity contribution >= 4 is 12.0 Å². The van der Waals surface area contributed by atoms with E-state index in [0.29, 0.717) is 0 Å². The van der Waals surface area contributed by atoms with Crippen LogP contribution in [0.2, 0.25) is 0 Å². The molecule has 0 aromatic carbocycles. The van der Waals surface area contributed by atoms with Crippen LogP contribution in [0.3, 0.4) is 0 Å². The summed E-state index contributed by atoms with van der Waals surface area (Å²) in [5, 5.41) is 11.5. The molecule has 0 bridgehead atoms. The normalized spacial score (nSPS) is 20.9. The van der Waals surface area contributed by atoms with E-state index < -0.39 is 5.97 Å². The van der Waals surface area contributed by atoms with Gasteiger partial charge in [0.2, 0.25) is 0 Å². The number of nitrogens with zero attached hydrogens (tertiary/aromatic N) is 2. The highest BCUT2D eigenvalue weighted by molar-refractivity contribution is 5.75. The number of amides is 2. The number of carboxylic acid groups (broad SMARTS) is 1. The fraction of sp³-hybridized carbons (Fsp3) is 0.818. The average molecular weight is 243 g/mol.